The highest BCUT2D eigenvalue weighted by Crippen LogP contribution is 2.34. The van der Waals surface area contributed by atoms with Crippen LogP contribution >= 0.6 is 0 Å². The van der Waals surface area contributed by atoms with Gasteiger partial charge in [0.1, 0.15) is 12.4 Å². The fourth-order valence-electron chi connectivity index (χ4n) is 1.71. The third-order valence-corrected chi connectivity index (χ3v) is 2.76. The van der Waals surface area contributed by atoms with Gasteiger partial charge in [0.25, 0.3) is 5.92 Å². The molecule has 0 radical (unpaired) electrons. The van der Waals surface area contributed by atoms with E-state index in [1.165, 1.54) is 19.1 Å². The molecule has 0 aromatic heterocycles. The molecule has 0 saturated carbocycles. The van der Waals surface area contributed by atoms with E-state index in [2.05, 4.69) is 6.58 Å². The number of benzene rings is 1. The molecule has 0 amide bonds. The molecule has 21 heavy (non-hydrogen) atoms. The Balaban J connectivity index is 3.13. The number of Topliss-reactive ketones (excluding diaryl/α,β-unsaturated/α-hetero) is 1. The zero-order valence-corrected chi connectivity index (χ0v) is 12.5. The van der Waals surface area contributed by atoms with Crippen molar-refractivity contribution in [3.05, 3.63) is 42.0 Å². The highest BCUT2D eigenvalue weighted by Gasteiger charge is 2.31. The van der Waals surface area contributed by atoms with Crippen LogP contribution in [-0.4, -0.2) is 23.1 Å². The quantitative estimate of drug-likeness (QED) is 0.616. The molecule has 5 heteroatoms. The van der Waals surface area contributed by atoms with E-state index in [-0.39, 0.29) is 29.3 Å². The van der Waals surface area contributed by atoms with Crippen LogP contribution in [0, 0.1) is 0 Å². The van der Waals surface area contributed by atoms with Gasteiger partial charge >= 0.3 is 0 Å². The van der Waals surface area contributed by atoms with E-state index >= 15 is 0 Å². The summed E-state index contributed by atoms with van der Waals surface area (Å²) in [6, 6.07) is 3.68. The fourth-order valence-corrected chi connectivity index (χ4v) is 1.71. The molecule has 0 aliphatic carbocycles. The second-order valence-corrected chi connectivity index (χ2v) is 5.57. The molecule has 0 saturated heterocycles. The Morgan fingerprint density at radius 3 is 2.52 bits per heavy atom. The number of allylic oxidation sites excluding steroid dienone is 1. The van der Waals surface area contributed by atoms with E-state index in [1.807, 2.05) is 0 Å². The van der Waals surface area contributed by atoms with Crippen LogP contribution in [0.4, 0.5) is 8.78 Å². The van der Waals surface area contributed by atoms with Crippen molar-refractivity contribution in [2.75, 3.05) is 6.61 Å². The SMILES string of the molecule is C=CCC(F)(F)c1ccc(OCC(C)(C)O)c(C(C)=O)c1. The third kappa shape index (κ3) is 4.93. The summed E-state index contributed by atoms with van der Waals surface area (Å²) >= 11 is 0. The maximum absolute atomic E-state index is 13.8. The summed E-state index contributed by atoms with van der Waals surface area (Å²) in [5.41, 5.74) is -1.27. The van der Waals surface area contributed by atoms with E-state index in [0.29, 0.717) is 0 Å². The second-order valence-electron chi connectivity index (χ2n) is 5.57. The molecule has 0 spiro atoms. The lowest BCUT2D eigenvalue weighted by Gasteiger charge is -2.20. The van der Waals surface area contributed by atoms with Crippen molar-refractivity contribution in [1.29, 1.82) is 0 Å². The van der Waals surface area contributed by atoms with Crippen molar-refractivity contribution in [3.63, 3.8) is 0 Å². The van der Waals surface area contributed by atoms with Crippen LogP contribution in [0.15, 0.2) is 30.9 Å². The van der Waals surface area contributed by atoms with Gasteiger partial charge in [0, 0.05) is 12.0 Å². The topological polar surface area (TPSA) is 46.5 Å². The van der Waals surface area contributed by atoms with Crippen LogP contribution < -0.4 is 4.74 Å². The maximum Gasteiger partial charge on any atom is 0.276 e. The van der Waals surface area contributed by atoms with Gasteiger partial charge in [-0.05, 0) is 39.0 Å². The lowest BCUT2D eigenvalue weighted by molar-refractivity contribution is -0.00113. The van der Waals surface area contributed by atoms with Gasteiger partial charge in [-0.25, -0.2) is 8.78 Å². The number of carbonyl (C=O) groups is 1. The molecule has 1 aromatic carbocycles. The number of halogens is 2. The highest BCUT2D eigenvalue weighted by atomic mass is 19.3. The van der Waals surface area contributed by atoms with E-state index in [4.69, 9.17) is 4.74 Å². The van der Waals surface area contributed by atoms with E-state index in [1.54, 1.807) is 13.8 Å². The minimum absolute atomic E-state index is 0.0460. The Kier molecular flexibility index (Phi) is 5.23. The van der Waals surface area contributed by atoms with Gasteiger partial charge in [-0.1, -0.05) is 6.08 Å². The molecule has 1 rings (SSSR count). The first kappa shape index (κ1) is 17.3. The maximum atomic E-state index is 13.8. The Hall–Kier alpha value is -1.75. The zero-order valence-electron chi connectivity index (χ0n) is 12.5. The van der Waals surface area contributed by atoms with E-state index < -0.39 is 17.9 Å². The smallest absolute Gasteiger partial charge is 0.276 e. The molecule has 1 N–H and O–H groups in total. The van der Waals surface area contributed by atoms with Crippen molar-refractivity contribution in [1.82, 2.24) is 0 Å². The first-order valence-corrected chi connectivity index (χ1v) is 6.56. The number of alkyl halides is 2. The summed E-state index contributed by atoms with van der Waals surface area (Å²) in [6.07, 6.45) is 0.625. The summed E-state index contributed by atoms with van der Waals surface area (Å²) in [4.78, 5) is 11.6. The largest absolute Gasteiger partial charge is 0.490 e. The van der Waals surface area contributed by atoms with Gasteiger partial charge < -0.3 is 9.84 Å². The number of hydrogen-bond donors (Lipinski definition) is 1. The van der Waals surface area contributed by atoms with Gasteiger partial charge in [0.05, 0.1) is 11.2 Å². The van der Waals surface area contributed by atoms with Gasteiger partial charge in [-0.3, -0.25) is 4.79 Å². The lowest BCUT2D eigenvalue weighted by atomic mass is 10.0. The molecule has 0 atom stereocenters. The molecular weight excluding hydrogens is 278 g/mol. The standard InChI is InChI=1S/C16H20F2O3/c1-5-8-16(17,18)12-6-7-14(13(9-12)11(2)19)21-10-15(3,4)20/h5-7,9,20H,1,8,10H2,2-4H3. The summed E-state index contributed by atoms with van der Waals surface area (Å²) in [5.74, 6) is -3.28. The van der Waals surface area contributed by atoms with E-state index in [0.717, 1.165) is 12.1 Å². The third-order valence-electron chi connectivity index (χ3n) is 2.76. The first-order valence-electron chi connectivity index (χ1n) is 6.56. The molecule has 0 aliphatic rings. The second kappa shape index (κ2) is 6.35. The Morgan fingerprint density at radius 2 is 2.05 bits per heavy atom. The Morgan fingerprint density at radius 1 is 1.43 bits per heavy atom. The summed E-state index contributed by atoms with van der Waals surface area (Å²) in [5, 5.41) is 9.62. The van der Waals surface area contributed by atoms with Crippen molar-refractivity contribution >= 4 is 5.78 Å². The molecule has 0 fully saturated rings. The molecule has 0 heterocycles. The molecule has 0 unspecified atom stereocenters. The number of rotatable bonds is 7. The van der Waals surface area contributed by atoms with Crippen LogP contribution in [0.25, 0.3) is 0 Å². The summed E-state index contributed by atoms with van der Waals surface area (Å²) < 4.78 is 33.0. The van der Waals surface area contributed by atoms with Crippen LogP contribution in [-0.2, 0) is 5.92 Å². The number of carbonyl (C=O) groups excluding carboxylic acids is 1. The van der Waals surface area contributed by atoms with Crippen molar-refractivity contribution in [3.8, 4) is 5.75 Å². The van der Waals surface area contributed by atoms with Crippen molar-refractivity contribution < 1.29 is 23.4 Å². The van der Waals surface area contributed by atoms with Gasteiger partial charge in [0.15, 0.2) is 5.78 Å². The molecule has 0 aliphatic heterocycles. The summed E-state index contributed by atoms with van der Waals surface area (Å²) in [7, 11) is 0. The fraction of sp³-hybridized carbons (Fsp3) is 0.438. The molecule has 1 aromatic rings. The zero-order chi connectivity index (χ0) is 16.3. The summed E-state index contributed by atoms with van der Waals surface area (Å²) in [6.45, 7) is 7.63. The van der Waals surface area contributed by atoms with E-state index in [9.17, 15) is 18.7 Å². The van der Waals surface area contributed by atoms with Crippen molar-refractivity contribution in [2.45, 2.75) is 38.7 Å². The minimum Gasteiger partial charge on any atom is -0.490 e. The van der Waals surface area contributed by atoms with Crippen LogP contribution in [0.5, 0.6) is 5.75 Å². The molecule has 3 nitrogen and oxygen atoms in total. The Labute approximate surface area is 123 Å². The molecular formula is C16H20F2O3. The normalized spacial score (nSPS) is 12.1. The minimum atomic E-state index is -3.08. The predicted molar refractivity (Wildman–Crippen MR) is 76.9 cm³/mol. The number of aliphatic hydroxyl groups is 1. The number of ether oxygens (including phenoxy) is 1. The Bertz CT molecular complexity index is 531. The van der Waals surface area contributed by atoms with Crippen LogP contribution in [0.1, 0.15) is 43.1 Å². The monoisotopic (exact) mass is 298 g/mol. The lowest BCUT2D eigenvalue weighted by Crippen LogP contribution is -2.28. The van der Waals surface area contributed by atoms with Crippen LogP contribution in [0.3, 0.4) is 0 Å². The van der Waals surface area contributed by atoms with Crippen LogP contribution in [0.2, 0.25) is 0 Å². The molecule has 0 bridgehead atoms. The average Bonchev–Trinajstić information content (AvgIpc) is 2.35. The number of ketones is 1. The number of hydrogen-bond acceptors (Lipinski definition) is 3. The predicted octanol–water partition coefficient (Wildman–Crippen LogP) is 3.71. The van der Waals surface area contributed by atoms with Gasteiger partial charge in [0.2, 0.25) is 0 Å². The molecule has 116 valence electrons. The first-order chi connectivity index (χ1) is 9.57. The average molecular weight is 298 g/mol. The highest BCUT2D eigenvalue weighted by molar-refractivity contribution is 5.97. The van der Waals surface area contributed by atoms with Gasteiger partial charge in [-0.15, -0.1) is 6.58 Å². The van der Waals surface area contributed by atoms with Gasteiger partial charge in [-0.2, -0.15) is 0 Å². The van der Waals surface area contributed by atoms with Crippen molar-refractivity contribution in [2.24, 2.45) is 0 Å².